The fraction of sp³-hybridized carbons (Fsp3) is 0.455. The molecule has 0 aliphatic heterocycles. The first-order valence-electron chi connectivity index (χ1n) is 5.40. The summed E-state index contributed by atoms with van der Waals surface area (Å²) in [4.78, 5) is 12.5. The zero-order valence-corrected chi connectivity index (χ0v) is 12.4. The van der Waals surface area contributed by atoms with E-state index in [1.807, 2.05) is 11.4 Å². The molecule has 0 aromatic carbocycles. The maximum atomic E-state index is 12.1. The van der Waals surface area contributed by atoms with E-state index in [2.05, 4.69) is 21.2 Å². The third-order valence-electron chi connectivity index (χ3n) is 3.11. The Bertz CT molecular complexity index is 452. The molecule has 2 rings (SSSR count). The number of thiocarbonyl (C=S) groups is 1. The Morgan fingerprint density at radius 1 is 1.53 bits per heavy atom. The second-order valence-corrected chi connectivity index (χ2v) is 6.98. The average Bonchev–Trinajstić information content (AvgIpc) is 2.87. The third kappa shape index (κ3) is 2.69. The normalized spacial score (nSPS) is 17.9. The van der Waals surface area contributed by atoms with Gasteiger partial charge >= 0.3 is 0 Å². The first-order chi connectivity index (χ1) is 8.03. The zero-order valence-electron chi connectivity index (χ0n) is 9.16. The van der Waals surface area contributed by atoms with Crippen LogP contribution in [0.3, 0.4) is 0 Å². The van der Waals surface area contributed by atoms with Crippen LogP contribution in [0.4, 0.5) is 0 Å². The summed E-state index contributed by atoms with van der Waals surface area (Å²) in [6, 6.07) is 1.81. The summed E-state index contributed by atoms with van der Waals surface area (Å²) in [5.74, 6) is -0.0957. The summed E-state index contributed by atoms with van der Waals surface area (Å²) < 4.78 is 0.943. The van der Waals surface area contributed by atoms with Gasteiger partial charge in [-0.25, -0.2) is 0 Å². The van der Waals surface area contributed by atoms with Gasteiger partial charge in [-0.15, -0.1) is 11.3 Å². The highest BCUT2D eigenvalue weighted by Crippen LogP contribution is 2.31. The fourth-order valence-electron chi connectivity index (χ4n) is 2.13. The number of thiophene rings is 1. The van der Waals surface area contributed by atoms with E-state index in [4.69, 9.17) is 18.0 Å². The molecule has 1 aliphatic carbocycles. The molecule has 1 fully saturated rings. The molecule has 1 aromatic rings. The summed E-state index contributed by atoms with van der Waals surface area (Å²) in [7, 11) is 0. The second-order valence-electron chi connectivity index (χ2n) is 4.25. The number of hydrogen-bond acceptors (Lipinski definition) is 3. The van der Waals surface area contributed by atoms with E-state index < -0.39 is 5.54 Å². The largest absolute Gasteiger partial charge is 0.391 e. The topological polar surface area (TPSA) is 55.1 Å². The molecule has 0 saturated heterocycles. The maximum absolute atomic E-state index is 12.1. The van der Waals surface area contributed by atoms with Crippen molar-refractivity contribution < 1.29 is 4.79 Å². The number of halogens is 1. The van der Waals surface area contributed by atoms with E-state index >= 15 is 0 Å². The minimum atomic E-state index is -0.471. The lowest BCUT2D eigenvalue weighted by molar-refractivity contribution is 0.0925. The number of carbonyl (C=O) groups is 1. The Kier molecular flexibility index (Phi) is 3.85. The highest BCUT2D eigenvalue weighted by atomic mass is 79.9. The molecule has 1 aromatic heterocycles. The van der Waals surface area contributed by atoms with Crippen molar-refractivity contribution in [1.29, 1.82) is 0 Å². The molecule has 0 unspecified atom stereocenters. The lowest BCUT2D eigenvalue weighted by Crippen LogP contribution is -2.54. The Labute approximate surface area is 118 Å². The van der Waals surface area contributed by atoms with Crippen molar-refractivity contribution in [3.63, 3.8) is 0 Å². The molecule has 3 N–H and O–H groups in total. The van der Waals surface area contributed by atoms with E-state index in [-0.39, 0.29) is 5.91 Å². The van der Waals surface area contributed by atoms with Gasteiger partial charge in [-0.2, -0.15) is 0 Å². The summed E-state index contributed by atoms with van der Waals surface area (Å²) in [5, 5.41) is 4.82. The minimum absolute atomic E-state index is 0.0957. The molecule has 1 heterocycles. The first kappa shape index (κ1) is 13.0. The maximum Gasteiger partial charge on any atom is 0.252 e. The van der Waals surface area contributed by atoms with E-state index in [9.17, 15) is 4.79 Å². The van der Waals surface area contributed by atoms with Gasteiger partial charge in [-0.3, -0.25) is 4.79 Å². The van der Waals surface area contributed by atoms with Crippen molar-refractivity contribution in [2.75, 3.05) is 0 Å². The number of nitrogens with one attached hydrogen (secondary N) is 1. The van der Waals surface area contributed by atoms with Crippen LogP contribution in [-0.2, 0) is 0 Å². The van der Waals surface area contributed by atoms with Gasteiger partial charge < -0.3 is 11.1 Å². The summed E-state index contributed by atoms with van der Waals surface area (Å²) >= 11 is 9.93. The molecule has 6 heteroatoms. The minimum Gasteiger partial charge on any atom is -0.391 e. The monoisotopic (exact) mass is 332 g/mol. The highest BCUT2D eigenvalue weighted by Gasteiger charge is 2.38. The third-order valence-corrected chi connectivity index (χ3v) is 5.01. The summed E-state index contributed by atoms with van der Waals surface area (Å²) in [6.45, 7) is 0. The molecule has 92 valence electrons. The lowest BCUT2D eigenvalue weighted by atomic mass is 9.97. The lowest BCUT2D eigenvalue weighted by Gasteiger charge is -2.28. The predicted octanol–water partition coefficient (Wildman–Crippen LogP) is 2.84. The van der Waals surface area contributed by atoms with Crippen LogP contribution in [0.25, 0.3) is 0 Å². The van der Waals surface area contributed by atoms with Crippen LogP contribution >= 0.6 is 39.5 Å². The van der Waals surface area contributed by atoms with Crippen molar-refractivity contribution in [3.8, 4) is 0 Å². The van der Waals surface area contributed by atoms with Crippen molar-refractivity contribution in [2.24, 2.45) is 5.73 Å². The smallest absolute Gasteiger partial charge is 0.252 e. The number of hydrogen-bond donors (Lipinski definition) is 2. The Morgan fingerprint density at radius 3 is 2.65 bits per heavy atom. The van der Waals surface area contributed by atoms with Gasteiger partial charge in [0, 0.05) is 5.38 Å². The molecule has 0 atom stereocenters. The van der Waals surface area contributed by atoms with Gasteiger partial charge in [-0.05, 0) is 34.8 Å². The fourth-order valence-corrected chi connectivity index (χ4v) is 3.52. The molecule has 0 bridgehead atoms. The van der Waals surface area contributed by atoms with Crippen LogP contribution < -0.4 is 11.1 Å². The van der Waals surface area contributed by atoms with Gasteiger partial charge in [0.2, 0.25) is 0 Å². The second kappa shape index (κ2) is 5.04. The van der Waals surface area contributed by atoms with Crippen molar-refractivity contribution in [1.82, 2.24) is 5.32 Å². The molecule has 1 amide bonds. The van der Waals surface area contributed by atoms with Crippen LogP contribution in [0.2, 0.25) is 0 Å². The van der Waals surface area contributed by atoms with Crippen LogP contribution in [0.15, 0.2) is 15.2 Å². The zero-order chi connectivity index (χ0) is 12.5. The van der Waals surface area contributed by atoms with E-state index in [1.165, 1.54) is 11.3 Å². The molecular weight excluding hydrogens is 320 g/mol. The van der Waals surface area contributed by atoms with E-state index in [1.54, 1.807) is 0 Å². The van der Waals surface area contributed by atoms with Gasteiger partial charge in [0.1, 0.15) is 0 Å². The molecule has 3 nitrogen and oxygen atoms in total. The summed E-state index contributed by atoms with van der Waals surface area (Å²) in [6.07, 6.45) is 3.81. The Morgan fingerprint density at radius 2 is 2.18 bits per heavy atom. The van der Waals surface area contributed by atoms with Crippen LogP contribution in [0.1, 0.15) is 36.0 Å². The van der Waals surface area contributed by atoms with Gasteiger partial charge in [0.15, 0.2) is 0 Å². The van der Waals surface area contributed by atoms with Gasteiger partial charge in [-0.1, -0.05) is 25.1 Å². The van der Waals surface area contributed by atoms with Crippen LogP contribution in [0.5, 0.6) is 0 Å². The number of nitrogens with two attached hydrogens (primary N) is 1. The summed E-state index contributed by atoms with van der Waals surface area (Å²) in [5.41, 5.74) is 5.96. The predicted molar refractivity (Wildman–Crippen MR) is 77.5 cm³/mol. The van der Waals surface area contributed by atoms with Gasteiger partial charge in [0.25, 0.3) is 5.91 Å². The SMILES string of the molecule is NC(=S)C1(NC(=O)c2csc(Br)c2)CCCC1. The quantitative estimate of drug-likeness (QED) is 0.837. The van der Waals surface area contributed by atoms with E-state index in [0.29, 0.717) is 10.6 Å². The first-order valence-corrected chi connectivity index (χ1v) is 7.48. The molecular formula is C11H13BrN2OS2. The Hall–Kier alpha value is -0.460. The van der Waals surface area contributed by atoms with Crippen LogP contribution in [0, 0.1) is 0 Å². The number of carbonyl (C=O) groups excluding carboxylic acids is 1. The Balaban J connectivity index is 2.14. The molecule has 0 spiro atoms. The standard InChI is InChI=1S/C11H13BrN2OS2/c12-8-5-7(6-17-8)9(15)14-11(10(13)16)3-1-2-4-11/h5-6H,1-4H2,(H2,13,16)(H,14,15). The number of rotatable bonds is 3. The van der Waals surface area contributed by atoms with Crippen molar-refractivity contribution >= 4 is 50.4 Å². The molecule has 1 aliphatic rings. The average molecular weight is 333 g/mol. The molecule has 17 heavy (non-hydrogen) atoms. The van der Waals surface area contributed by atoms with Crippen LogP contribution in [-0.4, -0.2) is 16.4 Å². The van der Waals surface area contributed by atoms with Gasteiger partial charge in [0.05, 0.1) is 19.9 Å². The van der Waals surface area contributed by atoms with E-state index in [0.717, 1.165) is 29.5 Å². The van der Waals surface area contributed by atoms with Crippen molar-refractivity contribution in [3.05, 3.63) is 20.8 Å². The van der Waals surface area contributed by atoms with Crippen molar-refractivity contribution in [2.45, 2.75) is 31.2 Å². The number of amides is 1. The molecule has 1 saturated carbocycles. The highest BCUT2D eigenvalue weighted by molar-refractivity contribution is 9.11. The molecule has 0 radical (unpaired) electrons.